The van der Waals surface area contributed by atoms with Gasteiger partial charge in [0.15, 0.2) is 5.78 Å². The van der Waals surface area contributed by atoms with Gasteiger partial charge in [0.05, 0.1) is 5.71 Å². The molecule has 0 amide bonds. The van der Waals surface area contributed by atoms with Crippen molar-refractivity contribution in [2.45, 2.75) is 72.6 Å². The molecular weight excluding hydrogens is 533 g/mol. The van der Waals surface area contributed by atoms with E-state index in [4.69, 9.17) is 9.73 Å². The van der Waals surface area contributed by atoms with Gasteiger partial charge in [-0.1, -0.05) is 74.6 Å². The SMILES string of the molecule is C=CC(C=C)CC1CCC(C(=O)c2ccc(CC3=CC=CC4C(c5ccc(OC(C)F)cc5)=CN=C34)cc2C)CC1.CC. The van der Waals surface area contributed by atoms with Gasteiger partial charge in [0, 0.05) is 30.5 Å². The number of nitrogens with zero attached hydrogens (tertiary/aromatic N) is 1. The zero-order valence-electron chi connectivity index (χ0n) is 26.2. The number of benzene rings is 2. The first-order chi connectivity index (χ1) is 20.9. The average molecular weight is 580 g/mol. The Morgan fingerprint density at radius 2 is 1.77 bits per heavy atom. The molecule has 0 N–H and O–H groups in total. The van der Waals surface area contributed by atoms with Crippen molar-refractivity contribution in [1.29, 1.82) is 0 Å². The van der Waals surface area contributed by atoms with E-state index < -0.39 is 6.36 Å². The van der Waals surface area contributed by atoms with Gasteiger partial charge >= 0.3 is 0 Å². The molecule has 1 saturated carbocycles. The first-order valence-electron chi connectivity index (χ1n) is 15.8. The number of carbonyl (C=O) groups excluding carboxylic acids is 1. The molecule has 43 heavy (non-hydrogen) atoms. The summed E-state index contributed by atoms with van der Waals surface area (Å²) < 4.78 is 18.3. The number of hydrogen-bond donors (Lipinski definition) is 0. The molecule has 2 unspecified atom stereocenters. The summed E-state index contributed by atoms with van der Waals surface area (Å²) in [5, 5.41) is 0. The molecule has 2 atom stereocenters. The van der Waals surface area contributed by atoms with Gasteiger partial charge in [-0.2, -0.15) is 0 Å². The number of ketones is 1. The van der Waals surface area contributed by atoms with Gasteiger partial charge in [0.1, 0.15) is 5.75 Å². The highest BCUT2D eigenvalue weighted by Crippen LogP contribution is 2.38. The van der Waals surface area contributed by atoms with Crippen LogP contribution >= 0.6 is 0 Å². The minimum absolute atomic E-state index is 0.0900. The summed E-state index contributed by atoms with van der Waals surface area (Å²) in [4.78, 5) is 18.3. The lowest BCUT2D eigenvalue weighted by molar-refractivity contribution is 0.0857. The standard InChI is InChI=1S/C37H40FNO2.C2H6/c1-5-26(6-2)21-27-10-13-30(14-11-27)37(40)33-19-12-28(20-24(33)3)22-31-8-7-9-34-35(23-39-36(31)34)29-15-17-32(18-16-29)41-25(4)38;1-2/h5-9,12,15-20,23,25-27,30,34H,1-2,10-11,13-14,21-22H2,3-4H3;1-2H3. The Kier molecular flexibility index (Phi) is 11.3. The Labute approximate surface area is 257 Å². The van der Waals surface area contributed by atoms with Crippen molar-refractivity contribution in [2.75, 3.05) is 0 Å². The first kappa shape index (κ1) is 32.1. The second kappa shape index (κ2) is 15.1. The number of aliphatic imine (C=N–C) groups is 1. The fraction of sp³-hybridized carbons (Fsp3) is 0.385. The van der Waals surface area contributed by atoms with Gasteiger partial charge < -0.3 is 4.74 Å². The Morgan fingerprint density at radius 1 is 1.07 bits per heavy atom. The van der Waals surface area contributed by atoms with Crippen LogP contribution in [-0.4, -0.2) is 17.9 Å². The molecule has 0 radical (unpaired) electrons. The fourth-order valence-electron chi connectivity index (χ4n) is 6.50. The van der Waals surface area contributed by atoms with Crippen LogP contribution in [0.1, 0.15) is 79.9 Å². The van der Waals surface area contributed by atoms with Crippen LogP contribution in [0, 0.1) is 30.6 Å². The first-order valence-corrected chi connectivity index (χ1v) is 15.8. The second-order valence-electron chi connectivity index (χ2n) is 11.6. The predicted molar refractivity (Wildman–Crippen MR) is 178 cm³/mol. The summed E-state index contributed by atoms with van der Waals surface area (Å²) in [5.41, 5.74) is 7.51. The quantitative estimate of drug-likeness (QED) is 0.196. The number of Topliss-reactive ketones (excluding diaryl/α,β-unsaturated/α-hetero) is 1. The molecule has 3 nitrogen and oxygen atoms in total. The maximum atomic E-state index is 13.5. The highest BCUT2D eigenvalue weighted by Gasteiger charge is 2.30. The number of ether oxygens (including phenoxy) is 1. The number of hydrogen-bond acceptors (Lipinski definition) is 3. The van der Waals surface area contributed by atoms with Crippen molar-refractivity contribution in [3.8, 4) is 5.75 Å². The summed E-state index contributed by atoms with van der Waals surface area (Å²) in [7, 11) is 0. The minimum atomic E-state index is -1.34. The van der Waals surface area contributed by atoms with Crippen molar-refractivity contribution in [3.63, 3.8) is 0 Å². The number of aryl methyl sites for hydroxylation is 1. The number of alkyl halides is 1. The van der Waals surface area contributed by atoms with E-state index in [1.165, 1.54) is 18.1 Å². The summed E-state index contributed by atoms with van der Waals surface area (Å²) in [6.45, 7) is 15.3. The van der Waals surface area contributed by atoms with Crippen molar-refractivity contribution in [1.82, 2.24) is 0 Å². The lowest BCUT2D eigenvalue weighted by atomic mass is 9.75. The highest BCUT2D eigenvalue weighted by atomic mass is 19.1. The lowest BCUT2D eigenvalue weighted by Gasteiger charge is -2.29. The molecule has 0 spiro atoms. The van der Waals surface area contributed by atoms with E-state index in [1.807, 2.05) is 50.4 Å². The fourth-order valence-corrected chi connectivity index (χ4v) is 6.50. The molecule has 226 valence electrons. The smallest absolute Gasteiger partial charge is 0.235 e. The van der Waals surface area contributed by atoms with Crippen LogP contribution in [0.3, 0.4) is 0 Å². The molecule has 2 aliphatic carbocycles. The third-order valence-electron chi connectivity index (χ3n) is 8.77. The van der Waals surface area contributed by atoms with Gasteiger partial charge in [-0.25, -0.2) is 4.39 Å². The molecule has 2 aromatic rings. The average Bonchev–Trinajstić information content (AvgIpc) is 3.46. The van der Waals surface area contributed by atoms with Crippen LogP contribution in [0.2, 0.25) is 0 Å². The van der Waals surface area contributed by atoms with E-state index in [1.54, 1.807) is 12.1 Å². The lowest BCUT2D eigenvalue weighted by Crippen LogP contribution is -2.23. The number of fused-ring (bicyclic) bond motifs is 1. The predicted octanol–water partition coefficient (Wildman–Crippen LogP) is 10.2. The summed E-state index contributed by atoms with van der Waals surface area (Å²) in [6, 6.07) is 13.8. The molecule has 0 bridgehead atoms. The number of carbonyl (C=O) groups is 1. The van der Waals surface area contributed by atoms with Crippen LogP contribution < -0.4 is 4.74 Å². The van der Waals surface area contributed by atoms with Gasteiger partial charge in [-0.15, -0.1) is 13.2 Å². The molecule has 1 aliphatic heterocycles. The van der Waals surface area contributed by atoms with Crippen molar-refractivity contribution in [2.24, 2.45) is 28.7 Å². The second-order valence-corrected chi connectivity index (χ2v) is 11.6. The maximum Gasteiger partial charge on any atom is 0.235 e. The number of allylic oxidation sites excluding steroid dienone is 7. The Morgan fingerprint density at radius 3 is 2.40 bits per heavy atom. The van der Waals surface area contributed by atoms with Gasteiger partial charge in [0.25, 0.3) is 0 Å². The Balaban J connectivity index is 0.00000207. The van der Waals surface area contributed by atoms with Gasteiger partial charge in [-0.05, 0) is 97.3 Å². The van der Waals surface area contributed by atoms with E-state index in [-0.39, 0.29) is 11.8 Å². The summed E-state index contributed by atoms with van der Waals surface area (Å²) in [5.74, 6) is 2.03. The van der Waals surface area contributed by atoms with Crippen molar-refractivity contribution >= 4 is 17.1 Å². The van der Waals surface area contributed by atoms with Crippen molar-refractivity contribution in [3.05, 3.63) is 120 Å². The zero-order valence-corrected chi connectivity index (χ0v) is 26.2. The Hall–Kier alpha value is -3.79. The summed E-state index contributed by atoms with van der Waals surface area (Å²) in [6.07, 6.45) is 17.0. The molecule has 3 aliphatic rings. The Bertz CT molecular complexity index is 1410. The number of rotatable bonds is 11. The molecule has 2 aromatic carbocycles. The van der Waals surface area contributed by atoms with Crippen LogP contribution in [-0.2, 0) is 6.42 Å². The summed E-state index contributed by atoms with van der Waals surface area (Å²) >= 11 is 0. The van der Waals surface area contributed by atoms with E-state index in [0.29, 0.717) is 23.4 Å². The zero-order chi connectivity index (χ0) is 30.9. The van der Waals surface area contributed by atoms with Crippen LogP contribution in [0.4, 0.5) is 4.39 Å². The molecule has 0 saturated heterocycles. The molecule has 5 rings (SSSR count). The topological polar surface area (TPSA) is 38.7 Å². The molecule has 4 heteroatoms. The van der Waals surface area contributed by atoms with Crippen LogP contribution in [0.25, 0.3) is 5.57 Å². The maximum absolute atomic E-state index is 13.5. The van der Waals surface area contributed by atoms with Crippen molar-refractivity contribution < 1.29 is 13.9 Å². The van der Waals surface area contributed by atoms with E-state index in [9.17, 15) is 9.18 Å². The minimum Gasteiger partial charge on any atom is -0.461 e. The molecule has 0 aromatic heterocycles. The molecule has 1 heterocycles. The monoisotopic (exact) mass is 579 g/mol. The molecule has 1 fully saturated rings. The van der Waals surface area contributed by atoms with Crippen LogP contribution in [0.15, 0.2) is 103 Å². The van der Waals surface area contributed by atoms with Gasteiger partial charge in [0.2, 0.25) is 6.36 Å². The third kappa shape index (κ3) is 7.79. The van der Waals surface area contributed by atoms with E-state index >= 15 is 0 Å². The normalized spacial score (nSPS) is 21.4. The highest BCUT2D eigenvalue weighted by molar-refractivity contribution is 6.13. The van der Waals surface area contributed by atoms with E-state index in [2.05, 4.69) is 50.4 Å². The van der Waals surface area contributed by atoms with E-state index in [0.717, 1.165) is 66.5 Å². The van der Waals surface area contributed by atoms with Gasteiger partial charge in [-0.3, -0.25) is 9.79 Å². The number of halogens is 1. The van der Waals surface area contributed by atoms with Crippen LogP contribution in [0.5, 0.6) is 5.75 Å². The third-order valence-corrected chi connectivity index (χ3v) is 8.77. The largest absolute Gasteiger partial charge is 0.461 e. The molecular formula is C39H46FNO2.